The number of allylic oxidation sites excluding steroid dienone is 2. The maximum atomic E-state index is 13.6. The molecule has 32 heavy (non-hydrogen) atoms. The molecule has 6 rings (SSSR count). The quantitative estimate of drug-likeness (QED) is 0.422. The van der Waals surface area contributed by atoms with Crippen LogP contribution in [0.2, 0.25) is 0 Å². The lowest BCUT2D eigenvalue weighted by molar-refractivity contribution is -0.116. The Labute approximate surface area is 193 Å². The highest BCUT2D eigenvalue weighted by atomic mass is 32.1. The molecule has 0 fully saturated rings. The molecule has 2 N–H and O–H groups in total. The molecule has 1 aromatic carbocycles. The summed E-state index contributed by atoms with van der Waals surface area (Å²) in [6, 6.07) is 15.8. The second kappa shape index (κ2) is 7.46. The SMILES string of the molecule is Cc1ccsc1[C@@H]1C2=C(C[C@@H](c3cccs3)CC2=O)Nc2[nH]n(-c3ccccc3)c(=O)c21. The Morgan fingerprint density at radius 1 is 0.969 bits per heavy atom. The van der Waals surface area contributed by atoms with Crippen LogP contribution in [-0.4, -0.2) is 15.6 Å². The lowest BCUT2D eigenvalue weighted by Crippen LogP contribution is -2.31. The van der Waals surface area contributed by atoms with E-state index in [1.807, 2.05) is 41.8 Å². The normalized spacial score (nSPS) is 20.1. The van der Waals surface area contributed by atoms with Gasteiger partial charge in [-0.15, -0.1) is 22.7 Å². The van der Waals surface area contributed by atoms with Crippen molar-refractivity contribution in [3.8, 4) is 5.69 Å². The van der Waals surface area contributed by atoms with Crippen LogP contribution < -0.4 is 10.9 Å². The van der Waals surface area contributed by atoms with Crippen molar-refractivity contribution < 1.29 is 4.79 Å². The average Bonchev–Trinajstić information content (AvgIpc) is 3.54. The number of hydrogen-bond acceptors (Lipinski definition) is 5. The third-order valence-electron chi connectivity index (χ3n) is 6.41. The fraction of sp³-hybridized carbons (Fsp3) is 0.200. The van der Waals surface area contributed by atoms with Gasteiger partial charge in [0, 0.05) is 33.4 Å². The van der Waals surface area contributed by atoms with E-state index in [-0.39, 0.29) is 23.2 Å². The number of nitrogens with zero attached hydrogens (tertiary/aromatic N) is 1. The minimum absolute atomic E-state index is 0.115. The van der Waals surface area contributed by atoms with E-state index in [0.717, 1.165) is 33.8 Å². The number of benzene rings is 1. The molecule has 0 amide bonds. The number of aromatic nitrogens is 2. The van der Waals surface area contributed by atoms with E-state index in [1.54, 1.807) is 27.4 Å². The van der Waals surface area contributed by atoms with E-state index in [4.69, 9.17) is 0 Å². The van der Waals surface area contributed by atoms with Crippen LogP contribution in [-0.2, 0) is 4.79 Å². The van der Waals surface area contributed by atoms with Crippen LogP contribution >= 0.6 is 22.7 Å². The standard InChI is InChI=1S/C25H21N3O2S2/c1-14-9-11-32-23(14)21-20-17(12-15(13-18(20)29)19-8-5-10-31-19)26-24-22(21)25(30)28(27-24)16-6-3-2-4-7-16/h2-11,15,21,26-27H,12-13H2,1H3/t15-,21-/m1/s1. The third-order valence-corrected chi connectivity index (χ3v) is 8.53. The molecule has 2 aliphatic rings. The zero-order chi connectivity index (χ0) is 21.8. The van der Waals surface area contributed by atoms with Crippen molar-refractivity contribution in [3.05, 3.63) is 102 Å². The molecule has 1 aliphatic heterocycles. The molecule has 5 nitrogen and oxygen atoms in total. The van der Waals surface area contributed by atoms with E-state index < -0.39 is 0 Å². The van der Waals surface area contributed by atoms with Gasteiger partial charge in [0.2, 0.25) is 0 Å². The smallest absolute Gasteiger partial charge is 0.277 e. The average molecular weight is 460 g/mol. The summed E-state index contributed by atoms with van der Waals surface area (Å²) < 4.78 is 1.58. The van der Waals surface area contributed by atoms with Crippen molar-refractivity contribution in [2.45, 2.75) is 31.6 Å². The molecule has 0 saturated heterocycles. The predicted octanol–water partition coefficient (Wildman–Crippen LogP) is 5.56. The number of fused-ring (bicyclic) bond motifs is 1. The first-order valence-corrected chi connectivity index (χ1v) is 12.4. The Morgan fingerprint density at radius 3 is 2.53 bits per heavy atom. The molecule has 160 valence electrons. The molecular weight excluding hydrogens is 438 g/mol. The lowest BCUT2D eigenvalue weighted by Gasteiger charge is -2.34. The fourth-order valence-electron chi connectivity index (χ4n) is 4.92. The molecule has 4 aromatic rings. The Balaban J connectivity index is 1.54. The number of para-hydroxylation sites is 1. The van der Waals surface area contributed by atoms with E-state index in [0.29, 0.717) is 17.8 Å². The van der Waals surface area contributed by atoms with Gasteiger partial charge in [-0.25, -0.2) is 4.68 Å². The largest absolute Gasteiger partial charge is 0.343 e. The number of rotatable bonds is 3. The summed E-state index contributed by atoms with van der Waals surface area (Å²) in [5.74, 6) is 0.651. The Kier molecular flexibility index (Phi) is 4.55. The fourth-order valence-corrected chi connectivity index (χ4v) is 6.79. The van der Waals surface area contributed by atoms with E-state index >= 15 is 0 Å². The first-order valence-electron chi connectivity index (χ1n) is 10.6. The summed E-state index contributed by atoms with van der Waals surface area (Å²) >= 11 is 3.31. The Hall–Kier alpha value is -3.16. The van der Waals surface area contributed by atoms with Gasteiger partial charge >= 0.3 is 0 Å². The first-order chi connectivity index (χ1) is 15.6. The number of anilines is 1. The molecule has 0 spiro atoms. The van der Waals surface area contributed by atoms with Gasteiger partial charge < -0.3 is 5.32 Å². The lowest BCUT2D eigenvalue weighted by atomic mass is 9.75. The van der Waals surface area contributed by atoms with Crippen LogP contribution in [0.5, 0.6) is 0 Å². The van der Waals surface area contributed by atoms with Crippen molar-refractivity contribution in [2.75, 3.05) is 5.32 Å². The highest BCUT2D eigenvalue weighted by molar-refractivity contribution is 7.10. The van der Waals surface area contributed by atoms with Gasteiger partial charge in [-0.05, 0) is 53.9 Å². The summed E-state index contributed by atoms with van der Waals surface area (Å²) in [6.45, 7) is 2.05. The van der Waals surface area contributed by atoms with Crippen molar-refractivity contribution in [2.24, 2.45) is 0 Å². The summed E-state index contributed by atoms with van der Waals surface area (Å²) in [6.07, 6.45) is 1.25. The third kappa shape index (κ3) is 2.96. The molecule has 1 aliphatic carbocycles. The molecule has 0 radical (unpaired) electrons. The van der Waals surface area contributed by atoms with Gasteiger partial charge in [-0.1, -0.05) is 24.3 Å². The number of carbonyl (C=O) groups excluding carboxylic acids is 1. The molecule has 0 bridgehead atoms. The Bertz CT molecular complexity index is 1410. The second-order valence-electron chi connectivity index (χ2n) is 8.34. The Morgan fingerprint density at radius 2 is 1.81 bits per heavy atom. The minimum Gasteiger partial charge on any atom is -0.343 e. The number of ketones is 1. The van der Waals surface area contributed by atoms with E-state index in [1.165, 1.54) is 4.88 Å². The number of hydrogen-bond donors (Lipinski definition) is 2. The van der Waals surface area contributed by atoms with E-state index in [2.05, 4.69) is 34.9 Å². The van der Waals surface area contributed by atoms with Crippen molar-refractivity contribution in [1.82, 2.24) is 9.78 Å². The van der Waals surface area contributed by atoms with Crippen LogP contribution in [0.1, 0.15) is 45.6 Å². The van der Waals surface area contributed by atoms with Crippen LogP contribution in [0.4, 0.5) is 5.82 Å². The number of thiophene rings is 2. The van der Waals surface area contributed by atoms with Crippen molar-refractivity contribution in [1.29, 1.82) is 0 Å². The summed E-state index contributed by atoms with van der Waals surface area (Å²) in [5, 5.41) is 10.8. The maximum Gasteiger partial charge on any atom is 0.277 e. The molecule has 0 unspecified atom stereocenters. The topological polar surface area (TPSA) is 66.9 Å². The number of nitrogens with one attached hydrogen (secondary N) is 2. The zero-order valence-electron chi connectivity index (χ0n) is 17.4. The van der Waals surface area contributed by atoms with Gasteiger partial charge in [0.15, 0.2) is 5.78 Å². The molecule has 2 atom stereocenters. The number of carbonyl (C=O) groups is 1. The summed E-state index contributed by atoms with van der Waals surface area (Å²) in [7, 11) is 0. The van der Waals surface area contributed by atoms with Gasteiger partial charge in [0.25, 0.3) is 5.56 Å². The van der Waals surface area contributed by atoms with E-state index in [9.17, 15) is 9.59 Å². The monoisotopic (exact) mass is 459 g/mol. The van der Waals surface area contributed by atoms with Gasteiger partial charge in [-0.3, -0.25) is 14.7 Å². The summed E-state index contributed by atoms with van der Waals surface area (Å²) in [4.78, 5) is 29.5. The molecule has 7 heteroatoms. The van der Waals surface area contributed by atoms with Crippen LogP contribution in [0.25, 0.3) is 5.69 Å². The van der Waals surface area contributed by atoms with Crippen molar-refractivity contribution in [3.63, 3.8) is 0 Å². The first kappa shape index (κ1) is 19.5. The van der Waals surface area contributed by atoms with Gasteiger partial charge in [0.05, 0.1) is 17.2 Å². The second-order valence-corrected chi connectivity index (χ2v) is 10.3. The van der Waals surface area contributed by atoms with Gasteiger partial charge in [-0.2, -0.15) is 0 Å². The maximum absolute atomic E-state index is 13.6. The number of Topliss-reactive ketones (excluding diaryl/α,β-unsaturated/α-hetero) is 1. The molecular formula is C25H21N3O2S2. The zero-order valence-corrected chi connectivity index (χ0v) is 19.1. The minimum atomic E-state index is -0.341. The molecule has 0 saturated carbocycles. The summed E-state index contributed by atoms with van der Waals surface area (Å²) in [5.41, 5.74) is 4.09. The molecule has 3 aromatic heterocycles. The highest BCUT2D eigenvalue weighted by Crippen LogP contribution is 2.48. The van der Waals surface area contributed by atoms with Crippen LogP contribution in [0.3, 0.4) is 0 Å². The van der Waals surface area contributed by atoms with Gasteiger partial charge in [0.1, 0.15) is 5.82 Å². The van der Waals surface area contributed by atoms with Crippen molar-refractivity contribution >= 4 is 34.3 Å². The number of aromatic amines is 1. The van der Waals surface area contributed by atoms with Crippen LogP contribution in [0.15, 0.2) is 75.4 Å². The molecule has 4 heterocycles. The van der Waals surface area contributed by atoms with Crippen LogP contribution in [0, 0.1) is 6.92 Å². The predicted molar refractivity (Wildman–Crippen MR) is 129 cm³/mol. The number of aryl methyl sites for hydroxylation is 1. The highest BCUT2D eigenvalue weighted by Gasteiger charge is 2.42. The number of H-pyrrole nitrogens is 1.